The number of hydrogen-bond acceptors (Lipinski definition) is 5. The van der Waals surface area contributed by atoms with Crippen molar-refractivity contribution in [3.05, 3.63) is 234 Å². The number of rotatable bonds is 6. The van der Waals surface area contributed by atoms with Crippen LogP contribution >= 0.6 is 0 Å². The molecule has 0 saturated carbocycles. The van der Waals surface area contributed by atoms with Gasteiger partial charge in [0.25, 0.3) is 0 Å². The van der Waals surface area contributed by atoms with E-state index in [-0.39, 0.29) is 16.5 Å². The third-order valence-electron chi connectivity index (χ3n) is 17.2. The largest absolute Gasteiger partial charge is 0.456 e. The van der Waals surface area contributed by atoms with Gasteiger partial charge in [-0.25, -0.2) is 0 Å². The molecule has 12 aromatic carbocycles. The molecule has 6 nitrogen and oxygen atoms in total. The van der Waals surface area contributed by atoms with Gasteiger partial charge in [0.1, 0.15) is 27.9 Å². The number of nitrogens with zero attached hydrogens (tertiary/aromatic N) is 3. The van der Waals surface area contributed by atoms with E-state index < -0.39 is 13.7 Å². The maximum atomic E-state index is 8.68. The molecule has 82 heavy (non-hydrogen) atoms. The van der Waals surface area contributed by atoms with Gasteiger partial charge in [-0.05, 0) is 179 Å². The molecule has 392 valence electrons. The average molecular weight is 1060 g/mol. The fourth-order valence-electron chi connectivity index (χ4n) is 13.6. The highest BCUT2D eigenvalue weighted by Crippen LogP contribution is 2.52. The van der Waals surface area contributed by atoms with Crippen molar-refractivity contribution in [2.75, 3.05) is 9.80 Å². The summed E-state index contributed by atoms with van der Waals surface area (Å²) in [6.45, 7) is 5.91. The van der Waals surface area contributed by atoms with Crippen LogP contribution in [-0.4, -0.2) is 4.40 Å². The van der Waals surface area contributed by atoms with Crippen LogP contribution < -0.4 is 9.80 Å². The van der Waals surface area contributed by atoms with Crippen LogP contribution in [0.5, 0.6) is 0 Å². The number of anilines is 6. The molecule has 0 aliphatic heterocycles. The van der Waals surface area contributed by atoms with E-state index in [1.807, 2.05) is 56.3 Å². The van der Waals surface area contributed by atoms with E-state index in [0.29, 0.717) is 33.8 Å². The predicted octanol–water partition coefficient (Wildman–Crippen LogP) is 22.3. The molecule has 0 bridgehead atoms. The topological polar surface area (TPSA) is 50.3 Å². The first-order valence-electron chi connectivity index (χ1n) is 31.0. The number of fused-ring (bicyclic) bond motifs is 20. The fraction of sp³-hybridized carbons (Fsp3) is 0.105. The van der Waals surface area contributed by atoms with Gasteiger partial charge < -0.3 is 23.1 Å². The Labute approximate surface area is 481 Å². The van der Waals surface area contributed by atoms with Gasteiger partial charge in [0.15, 0.2) is 0 Å². The molecule has 17 aromatic rings. The predicted molar refractivity (Wildman–Crippen MR) is 345 cm³/mol. The lowest BCUT2D eigenvalue weighted by molar-refractivity contribution is 0.592. The van der Waals surface area contributed by atoms with Gasteiger partial charge in [-0.15, -0.1) is 0 Å². The molecule has 0 N–H and O–H groups in total. The Morgan fingerprint density at radius 3 is 1.40 bits per heavy atom. The summed E-state index contributed by atoms with van der Waals surface area (Å²) in [7, 11) is 0. The van der Waals surface area contributed by atoms with Crippen molar-refractivity contribution in [1.29, 1.82) is 0 Å². The molecule has 0 unspecified atom stereocenters. The van der Waals surface area contributed by atoms with Crippen LogP contribution in [0.25, 0.3) is 125 Å². The van der Waals surface area contributed by atoms with Crippen molar-refractivity contribution in [3.8, 4) is 0 Å². The highest BCUT2D eigenvalue weighted by molar-refractivity contribution is 6.33. The van der Waals surface area contributed by atoms with Gasteiger partial charge in [0, 0.05) is 103 Å². The Hall–Kier alpha value is -10.0. The van der Waals surface area contributed by atoms with E-state index >= 15 is 0 Å². The molecule has 6 heteroatoms. The Morgan fingerprint density at radius 1 is 0.366 bits per heavy atom. The van der Waals surface area contributed by atoms with Gasteiger partial charge >= 0.3 is 0 Å². The SMILES string of the molecule is [2H]C([2H])([2H])c1cc(C)cc(N(c2ccc3c(c2)oc2ccc4ccccc4c23)c2ccc3c(c2)oc2c3c3cc(C(C)(C)C)cc4c5c6ccccc6c(N(c6cc(C)cc(C([2H])([2H])[2H])c6)c6ccc7c(c6)oc6ccc8ccccc8c67)cc5n2c43)c1. The molecular formula is C76H55N3O3. The van der Waals surface area contributed by atoms with E-state index in [4.69, 9.17) is 21.5 Å². The van der Waals surface area contributed by atoms with E-state index in [1.54, 1.807) is 24.3 Å². The Bertz CT molecular complexity index is 5830. The number of aromatic nitrogens is 1. The number of aryl methyl sites for hydroxylation is 4. The van der Waals surface area contributed by atoms with Crippen molar-refractivity contribution in [1.82, 2.24) is 4.40 Å². The molecular weight excluding hydrogens is 1000 g/mol. The lowest BCUT2D eigenvalue weighted by Gasteiger charge is -2.28. The zero-order valence-corrected chi connectivity index (χ0v) is 45.7. The summed E-state index contributed by atoms with van der Waals surface area (Å²) >= 11 is 0. The first-order chi connectivity index (χ1) is 42.3. The van der Waals surface area contributed by atoms with Crippen LogP contribution in [0, 0.1) is 27.6 Å². The van der Waals surface area contributed by atoms with Crippen molar-refractivity contribution < 1.29 is 21.5 Å². The summed E-state index contributed by atoms with van der Waals surface area (Å²) in [4.78, 5) is 4.28. The standard InChI is InChI=1S/C76H55N3O3/c1-42-30-43(2)33-52(32-42)77(49-22-25-58-67(38-49)80-65-28-20-46-14-8-10-16-54(46)71(58)65)50-23-27-60-69(39-50)82-75-73(60)62-37-48(76(5,6)7)36-61-70-57-19-13-12-18-56(57)63(41-64(70)79(75)74(61)62)78(53-34-44(3)31-45(4)35-53)51-24-26-59-68(40-51)81-66-29-21-47-15-9-11-17-55(47)72(59)66/h8-41H,1-7H3/i1D3,3D3. The highest BCUT2D eigenvalue weighted by atomic mass is 16.3. The summed E-state index contributed by atoms with van der Waals surface area (Å²) in [5, 5.41) is 15.7. The van der Waals surface area contributed by atoms with Crippen LogP contribution in [0.3, 0.4) is 0 Å². The number of furan rings is 3. The molecule has 0 aliphatic carbocycles. The zero-order chi connectivity index (χ0) is 60.0. The minimum absolute atomic E-state index is 0.232. The highest BCUT2D eigenvalue weighted by Gasteiger charge is 2.30. The minimum atomic E-state index is -2.37. The van der Waals surface area contributed by atoms with Gasteiger partial charge in [0.2, 0.25) is 5.71 Å². The van der Waals surface area contributed by atoms with Crippen LogP contribution in [0.1, 0.15) is 56.8 Å². The Balaban J connectivity index is 0.926. The molecule has 5 heterocycles. The number of benzene rings is 12. The minimum Gasteiger partial charge on any atom is -0.456 e. The Morgan fingerprint density at radius 2 is 0.841 bits per heavy atom. The Kier molecular flexibility index (Phi) is 8.39. The van der Waals surface area contributed by atoms with E-state index in [2.05, 4.69) is 174 Å². The third-order valence-corrected chi connectivity index (χ3v) is 17.2. The summed E-state index contributed by atoms with van der Waals surface area (Å²) in [5.41, 5.74) is 13.9. The molecule has 5 aromatic heterocycles. The van der Waals surface area contributed by atoms with E-state index in [0.717, 1.165) is 137 Å². The van der Waals surface area contributed by atoms with Crippen LogP contribution in [0.4, 0.5) is 34.1 Å². The van der Waals surface area contributed by atoms with Crippen molar-refractivity contribution in [2.24, 2.45) is 0 Å². The molecule has 17 rings (SSSR count). The van der Waals surface area contributed by atoms with Crippen LogP contribution in [-0.2, 0) is 5.41 Å². The second kappa shape index (κ2) is 16.8. The smallest absolute Gasteiger partial charge is 0.213 e. The van der Waals surface area contributed by atoms with E-state index in [1.165, 1.54) is 5.56 Å². The van der Waals surface area contributed by atoms with Gasteiger partial charge in [-0.1, -0.05) is 118 Å². The molecule has 0 aliphatic rings. The fourth-order valence-corrected chi connectivity index (χ4v) is 13.6. The van der Waals surface area contributed by atoms with Crippen molar-refractivity contribution in [3.63, 3.8) is 0 Å². The molecule has 0 fully saturated rings. The molecule has 0 amide bonds. The summed E-state index contributed by atoms with van der Waals surface area (Å²) in [6.07, 6.45) is 0. The van der Waals surface area contributed by atoms with Crippen molar-refractivity contribution >= 4 is 160 Å². The maximum Gasteiger partial charge on any atom is 0.213 e. The van der Waals surface area contributed by atoms with Crippen LogP contribution in [0.15, 0.2) is 220 Å². The third kappa shape index (κ3) is 6.75. The molecule has 0 saturated heterocycles. The quantitative estimate of drug-likeness (QED) is 0.166. The van der Waals surface area contributed by atoms with Crippen LogP contribution in [0.2, 0.25) is 0 Å². The lowest BCUT2D eigenvalue weighted by atomic mass is 9.85. The van der Waals surface area contributed by atoms with Gasteiger partial charge in [-0.2, -0.15) is 0 Å². The molecule has 0 spiro atoms. The first-order valence-corrected chi connectivity index (χ1v) is 28.0. The second-order valence-electron chi connectivity index (χ2n) is 23.5. The van der Waals surface area contributed by atoms with Gasteiger partial charge in [0.05, 0.1) is 22.1 Å². The normalized spacial score (nSPS) is 14.0. The lowest BCUT2D eigenvalue weighted by Crippen LogP contribution is -2.11. The van der Waals surface area contributed by atoms with Crippen molar-refractivity contribution in [2.45, 2.75) is 53.7 Å². The summed E-state index contributed by atoms with van der Waals surface area (Å²) < 4.78 is 74.8. The molecule has 0 atom stereocenters. The summed E-state index contributed by atoms with van der Waals surface area (Å²) in [5.74, 6) is 0. The maximum absolute atomic E-state index is 8.68. The zero-order valence-electron chi connectivity index (χ0n) is 51.7. The second-order valence-corrected chi connectivity index (χ2v) is 23.5. The van der Waals surface area contributed by atoms with E-state index in [9.17, 15) is 0 Å². The van der Waals surface area contributed by atoms with Gasteiger partial charge in [-0.3, -0.25) is 4.40 Å². The molecule has 0 radical (unpaired) electrons. The monoisotopic (exact) mass is 1060 g/mol. The summed E-state index contributed by atoms with van der Waals surface area (Å²) in [6, 6.07) is 70.4. The average Bonchev–Trinajstić information content (AvgIpc) is 1.53. The number of hydrogen-bond donors (Lipinski definition) is 0. The first kappa shape index (κ1) is 41.0.